The van der Waals surface area contributed by atoms with E-state index in [0.29, 0.717) is 11.1 Å². The third-order valence-electron chi connectivity index (χ3n) is 2.97. The van der Waals surface area contributed by atoms with Crippen LogP contribution < -0.4 is 5.32 Å². The lowest BCUT2D eigenvalue weighted by atomic mass is 10.1. The van der Waals surface area contributed by atoms with E-state index in [2.05, 4.69) is 12.2 Å². The third kappa shape index (κ3) is 2.34. The minimum Gasteiger partial charge on any atom is -0.456 e. The first-order valence-corrected chi connectivity index (χ1v) is 6.05. The van der Waals surface area contributed by atoms with Crippen LogP contribution in [0.3, 0.4) is 0 Å². The van der Waals surface area contributed by atoms with Crippen LogP contribution in [0.15, 0.2) is 22.6 Å². The number of fused-ring (bicyclic) bond motifs is 1. The number of furan rings is 1. The number of benzene rings is 1. The van der Waals surface area contributed by atoms with Gasteiger partial charge >= 0.3 is 0 Å². The van der Waals surface area contributed by atoms with Crippen molar-refractivity contribution in [2.24, 2.45) is 0 Å². The van der Waals surface area contributed by atoms with Crippen molar-refractivity contribution in [2.75, 3.05) is 6.54 Å². The molecule has 1 N–H and O–H groups in total. The van der Waals surface area contributed by atoms with Crippen molar-refractivity contribution in [1.29, 1.82) is 0 Å². The van der Waals surface area contributed by atoms with E-state index in [9.17, 15) is 4.39 Å². The van der Waals surface area contributed by atoms with Crippen molar-refractivity contribution in [3.63, 3.8) is 0 Å². The minimum atomic E-state index is -0.253. The van der Waals surface area contributed by atoms with Crippen LogP contribution >= 0.6 is 0 Å². The fourth-order valence-electron chi connectivity index (χ4n) is 1.86. The molecule has 0 fully saturated rings. The lowest BCUT2D eigenvalue weighted by molar-refractivity contribution is 0.442. The third-order valence-corrected chi connectivity index (χ3v) is 2.97. The highest BCUT2D eigenvalue weighted by molar-refractivity contribution is 5.79. The quantitative estimate of drug-likeness (QED) is 0.868. The largest absolute Gasteiger partial charge is 0.456 e. The van der Waals surface area contributed by atoms with E-state index in [1.807, 2.05) is 19.1 Å². The van der Waals surface area contributed by atoms with E-state index in [0.717, 1.165) is 24.1 Å². The second kappa shape index (κ2) is 4.88. The summed E-state index contributed by atoms with van der Waals surface area (Å²) in [6.07, 6.45) is 1.07. The Morgan fingerprint density at radius 2 is 2.18 bits per heavy atom. The molecule has 1 heterocycles. The maximum absolute atomic E-state index is 13.8. The Morgan fingerprint density at radius 1 is 1.41 bits per heavy atom. The fraction of sp³-hybridized carbons (Fsp3) is 0.429. The highest BCUT2D eigenvalue weighted by Crippen LogP contribution is 2.27. The number of rotatable bonds is 4. The zero-order valence-electron chi connectivity index (χ0n) is 10.5. The normalized spacial score (nSPS) is 13.2. The predicted octanol–water partition coefficient (Wildman–Crippen LogP) is 3.94. The molecule has 2 nitrogen and oxygen atoms in total. The highest BCUT2D eigenvalue weighted by atomic mass is 19.1. The van der Waals surface area contributed by atoms with E-state index in [-0.39, 0.29) is 11.9 Å². The predicted molar refractivity (Wildman–Crippen MR) is 67.6 cm³/mol. The molecule has 0 saturated heterocycles. The van der Waals surface area contributed by atoms with Crippen LogP contribution in [0.2, 0.25) is 0 Å². The Morgan fingerprint density at radius 3 is 2.88 bits per heavy atom. The molecule has 0 aliphatic carbocycles. The van der Waals surface area contributed by atoms with Gasteiger partial charge in [0.15, 0.2) is 11.4 Å². The van der Waals surface area contributed by atoms with Gasteiger partial charge in [0.05, 0.1) is 6.04 Å². The number of nitrogens with one attached hydrogen (secondary N) is 1. The summed E-state index contributed by atoms with van der Waals surface area (Å²) in [6.45, 7) is 6.81. The van der Waals surface area contributed by atoms with Crippen molar-refractivity contribution in [1.82, 2.24) is 5.32 Å². The van der Waals surface area contributed by atoms with Crippen LogP contribution in [0, 0.1) is 12.7 Å². The molecule has 17 heavy (non-hydrogen) atoms. The molecule has 0 bridgehead atoms. The van der Waals surface area contributed by atoms with Crippen LogP contribution in [0.1, 0.15) is 37.6 Å². The summed E-state index contributed by atoms with van der Waals surface area (Å²) in [5.74, 6) is 0.536. The number of aryl methyl sites for hydroxylation is 1. The molecule has 1 aromatic carbocycles. The molecular weight excluding hydrogens is 217 g/mol. The molecule has 0 aliphatic rings. The molecule has 1 aromatic heterocycles. The number of hydrogen-bond acceptors (Lipinski definition) is 2. The topological polar surface area (TPSA) is 25.2 Å². The van der Waals surface area contributed by atoms with Gasteiger partial charge in [-0.15, -0.1) is 0 Å². The Balaban J connectivity index is 2.34. The zero-order valence-corrected chi connectivity index (χ0v) is 10.5. The van der Waals surface area contributed by atoms with Crippen molar-refractivity contribution < 1.29 is 8.81 Å². The average molecular weight is 235 g/mol. The first-order valence-electron chi connectivity index (χ1n) is 6.05. The van der Waals surface area contributed by atoms with Gasteiger partial charge in [-0.25, -0.2) is 4.39 Å². The van der Waals surface area contributed by atoms with Gasteiger partial charge in [0.1, 0.15) is 5.76 Å². The summed E-state index contributed by atoms with van der Waals surface area (Å²) in [4.78, 5) is 0. The first kappa shape index (κ1) is 12.1. The summed E-state index contributed by atoms with van der Waals surface area (Å²) < 4.78 is 19.4. The first-order chi connectivity index (χ1) is 8.13. The molecule has 3 heteroatoms. The summed E-state index contributed by atoms with van der Waals surface area (Å²) in [6, 6.07) is 5.70. The Bertz CT molecular complexity index is 518. The van der Waals surface area contributed by atoms with Crippen molar-refractivity contribution in [2.45, 2.75) is 33.2 Å². The van der Waals surface area contributed by atoms with Crippen molar-refractivity contribution in [3.8, 4) is 0 Å². The molecule has 0 spiro atoms. The van der Waals surface area contributed by atoms with E-state index in [4.69, 9.17) is 4.42 Å². The fourth-order valence-corrected chi connectivity index (χ4v) is 1.86. The van der Waals surface area contributed by atoms with Gasteiger partial charge in [0.2, 0.25) is 0 Å². The van der Waals surface area contributed by atoms with Crippen LogP contribution in [-0.4, -0.2) is 6.54 Å². The monoisotopic (exact) mass is 235 g/mol. The molecule has 1 atom stereocenters. The summed E-state index contributed by atoms with van der Waals surface area (Å²) in [5.41, 5.74) is 0.984. The van der Waals surface area contributed by atoms with E-state index < -0.39 is 0 Å². The molecule has 0 radical (unpaired) electrons. The van der Waals surface area contributed by atoms with Crippen LogP contribution in [0.25, 0.3) is 11.0 Å². The summed E-state index contributed by atoms with van der Waals surface area (Å²) >= 11 is 0. The Hall–Kier alpha value is -1.35. The Kier molecular flexibility index (Phi) is 3.48. The zero-order chi connectivity index (χ0) is 12.4. The lowest BCUT2D eigenvalue weighted by Crippen LogP contribution is -2.18. The molecule has 0 saturated carbocycles. The van der Waals surface area contributed by atoms with Crippen molar-refractivity contribution >= 4 is 11.0 Å². The van der Waals surface area contributed by atoms with Gasteiger partial charge in [-0.2, -0.15) is 0 Å². The van der Waals surface area contributed by atoms with Gasteiger partial charge in [0.25, 0.3) is 0 Å². The van der Waals surface area contributed by atoms with Crippen LogP contribution in [-0.2, 0) is 0 Å². The van der Waals surface area contributed by atoms with E-state index >= 15 is 0 Å². The molecule has 0 amide bonds. The van der Waals surface area contributed by atoms with Gasteiger partial charge < -0.3 is 9.73 Å². The number of hydrogen-bond donors (Lipinski definition) is 1. The van der Waals surface area contributed by atoms with Crippen LogP contribution in [0.5, 0.6) is 0 Å². The van der Waals surface area contributed by atoms with E-state index in [1.165, 1.54) is 0 Å². The number of halogens is 1. The average Bonchev–Trinajstić information content (AvgIpc) is 2.75. The lowest BCUT2D eigenvalue weighted by Gasteiger charge is -2.09. The van der Waals surface area contributed by atoms with Gasteiger partial charge in [0, 0.05) is 5.39 Å². The summed E-state index contributed by atoms with van der Waals surface area (Å²) in [7, 11) is 0. The highest BCUT2D eigenvalue weighted by Gasteiger charge is 2.14. The molecular formula is C14H18FNO. The van der Waals surface area contributed by atoms with E-state index in [1.54, 1.807) is 13.0 Å². The van der Waals surface area contributed by atoms with Gasteiger partial charge in [-0.3, -0.25) is 0 Å². The SMILES string of the molecule is CCCNC(C)c1cc2ccc(C)c(F)c2o1. The second-order valence-corrected chi connectivity index (χ2v) is 4.44. The summed E-state index contributed by atoms with van der Waals surface area (Å²) in [5, 5.41) is 4.15. The Labute approximate surface area is 101 Å². The standard InChI is InChI=1S/C14H18FNO/c1-4-7-16-10(3)12-8-11-6-5-9(2)13(15)14(11)17-12/h5-6,8,10,16H,4,7H2,1-3H3. The van der Waals surface area contributed by atoms with Crippen molar-refractivity contribution in [3.05, 3.63) is 35.3 Å². The molecule has 92 valence electrons. The van der Waals surface area contributed by atoms with Gasteiger partial charge in [-0.05, 0) is 38.4 Å². The molecule has 2 rings (SSSR count). The second-order valence-electron chi connectivity index (χ2n) is 4.44. The molecule has 2 aromatic rings. The van der Waals surface area contributed by atoms with Gasteiger partial charge in [-0.1, -0.05) is 19.1 Å². The molecule has 1 unspecified atom stereocenters. The van der Waals surface area contributed by atoms with Crippen LogP contribution in [0.4, 0.5) is 4.39 Å². The maximum Gasteiger partial charge on any atom is 0.170 e. The maximum atomic E-state index is 13.8. The smallest absolute Gasteiger partial charge is 0.170 e. The minimum absolute atomic E-state index is 0.113. The molecule has 0 aliphatic heterocycles.